The van der Waals surface area contributed by atoms with Crippen LogP contribution in [0.25, 0.3) is 0 Å². The Labute approximate surface area is 154 Å². The van der Waals surface area contributed by atoms with Crippen molar-refractivity contribution in [2.24, 2.45) is 0 Å². The fourth-order valence-electron chi connectivity index (χ4n) is 2.23. The minimum absolute atomic E-state index is 0.0548. The maximum atomic E-state index is 12.1. The Kier molecular flexibility index (Phi) is 7.17. The molecule has 2 rings (SSSR count). The second-order valence-electron chi connectivity index (χ2n) is 5.94. The van der Waals surface area contributed by atoms with Crippen molar-refractivity contribution >= 4 is 15.9 Å². The fraction of sp³-hybridized carbons (Fsp3) is 0.316. The summed E-state index contributed by atoms with van der Waals surface area (Å²) >= 11 is 0. The van der Waals surface area contributed by atoms with Gasteiger partial charge in [0.25, 0.3) is 0 Å². The highest BCUT2D eigenvalue weighted by molar-refractivity contribution is 7.89. The van der Waals surface area contributed by atoms with Crippen molar-refractivity contribution in [2.75, 3.05) is 26.7 Å². The lowest BCUT2D eigenvalue weighted by molar-refractivity contribution is -0.130. The highest BCUT2D eigenvalue weighted by Crippen LogP contribution is 2.11. The molecule has 0 atom stereocenters. The van der Waals surface area contributed by atoms with Gasteiger partial charge in [0.05, 0.1) is 11.4 Å². The van der Waals surface area contributed by atoms with E-state index < -0.39 is 10.0 Å². The van der Waals surface area contributed by atoms with Gasteiger partial charge in [-0.15, -0.1) is 0 Å². The van der Waals surface area contributed by atoms with Crippen LogP contribution in [0, 0.1) is 6.92 Å². The first kappa shape index (κ1) is 19.9. The molecule has 7 heteroatoms. The average molecular weight is 376 g/mol. The standard InChI is InChI=1S/C19H24N2O4S/c1-16-8-10-17(11-9-16)25-15-14-21(2)19(22)12-13-20-26(23,24)18-6-4-3-5-7-18/h3-11,20H,12-15H2,1-2H3. The zero-order valence-electron chi connectivity index (χ0n) is 15.0. The number of carbonyl (C=O) groups excluding carboxylic acids is 1. The Morgan fingerprint density at radius 3 is 2.38 bits per heavy atom. The summed E-state index contributed by atoms with van der Waals surface area (Å²) in [6.45, 7) is 2.86. The van der Waals surface area contributed by atoms with E-state index in [0.717, 1.165) is 11.3 Å². The SMILES string of the molecule is Cc1ccc(OCCN(C)C(=O)CCNS(=O)(=O)c2ccccc2)cc1. The number of nitrogens with zero attached hydrogens (tertiary/aromatic N) is 1. The van der Waals surface area contributed by atoms with Gasteiger partial charge in [0.15, 0.2) is 0 Å². The molecule has 0 saturated carbocycles. The van der Waals surface area contributed by atoms with Crippen molar-refractivity contribution in [1.29, 1.82) is 0 Å². The van der Waals surface area contributed by atoms with Crippen LogP contribution in [-0.4, -0.2) is 46.0 Å². The lowest BCUT2D eigenvalue weighted by Gasteiger charge is -2.17. The summed E-state index contributed by atoms with van der Waals surface area (Å²) in [6.07, 6.45) is 0.0904. The van der Waals surface area contributed by atoms with Crippen molar-refractivity contribution in [3.8, 4) is 5.75 Å². The largest absolute Gasteiger partial charge is 0.492 e. The number of benzene rings is 2. The molecule has 0 radical (unpaired) electrons. The number of amides is 1. The molecule has 0 bridgehead atoms. The summed E-state index contributed by atoms with van der Waals surface area (Å²) in [7, 11) is -1.91. The van der Waals surface area contributed by atoms with Gasteiger partial charge < -0.3 is 9.64 Å². The molecule has 26 heavy (non-hydrogen) atoms. The van der Waals surface area contributed by atoms with Crippen LogP contribution >= 0.6 is 0 Å². The van der Waals surface area contributed by atoms with E-state index in [1.54, 1.807) is 25.2 Å². The predicted octanol–water partition coefficient (Wildman–Crippen LogP) is 2.20. The predicted molar refractivity (Wildman–Crippen MR) is 101 cm³/mol. The van der Waals surface area contributed by atoms with Crippen LogP contribution in [-0.2, 0) is 14.8 Å². The van der Waals surface area contributed by atoms with Crippen LogP contribution < -0.4 is 9.46 Å². The molecular formula is C19H24N2O4S. The van der Waals surface area contributed by atoms with Gasteiger partial charge in [0.2, 0.25) is 15.9 Å². The minimum Gasteiger partial charge on any atom is -0.492 e. The maximum Gasteiger partial charge on any atom is 0.240 e. The molecule has 6 nitrogen and oxygen atoms in total. The number of nitrogens with one attached hydrogen (secondary N) is 1. The van der Waals surface area contributed by atoms with E-state index in [1.165, 1.54) is 17.0 Å². The zero-order valence-corrected chi connectivity index (χ0v) is 15.8. The summed E-state index contributed by atoms with van der Waals surface area (Å²) in [5, 5.41) is 0. The van der Waals surface area contributed by atoms with E-state index in [0.29, 0.717) is 13.2 Å². The molecule has 0 spiro atoms. The average Bonchev–Trinajstić information content (AvgIpc) is 2.63. The van der Waals surface area contributed by atoms with Crippen molar-refractivity contribution in [3.63, 3.8) is 0 Å². The molecule has 1 amide bonds. The van der Waals surface area contributed by atoms with Gasteiger partial charge in [-0.2, -0.15) is 0 Å². The van der Waals surface area contributed by atoms with Gasteiger partial charge in [-0.3, -0.25) is 4.79 Å². The fourth-order valence-corrected chi connectivity index (χ4v) is 3.28. The van der Waals surface area contributed by atoms with Crippen molar-refractivity contribution < 1.29 is 17.9 Å². The topological polar surface area (TPSA) is 75.7 Å². The van der Waals surface area contributed by atoms with Gasteiger partial charge in [-0.25, -0.2) is 13.1 Å². The van der Waals surface area contributed by atoms with E-state index in [1.807, 2.05) is 31.2 Å². The van der Waals surface area contributed by atoms with Gasteiger partial charge in [0.1, 0.15) is 12.4 Å². The molecule has 0 aliphatic rings. The molecule has 0 aliphatic carbocycles. The highest BCUT2D eigenvalue weighted by atomic mass is 32.2. The number of likely N-dealkylation sites (N-methyl/N-ethyl adjacent to an activating group) is 1. The van der Waals surface area contributed by atoms with E-state index in [-0.39, 0.29) is 23.8 Å². The summed E-state index contributed by atoms with van der Waals surface area (Å²) in [4.78, 5) is 13.8. The van der Waals surface area contributed by atoms with Crippen LogP contribution in [0.1, 0.15) is 12.0 Å². The molecule has 2 aromatic rings. The first-order valence-electron chi connectivity index (χ1n) is 8.36. The molecule has 0 unspecified atom stereocenters. The molecule has 0 aromatic heterocycles. The second-order valence-corrected chi connectivity index (χ2v) is 7.70. The van der Waals surface area contributed by atoms with E-state index in [4.69, 9.17) is 4.74 Å². The quantitative estimate of drug-likeness (QED) is 0.728. The smallest absolute Gasteiger partial charge is 0.240 e. The lowest BCUT2D eigenvalue weighted by Crippen LogP contribution is -2.34. The molecule has 140 valence electrons. The number of hydrogen-bond donors (Lipinski definition) is 1. The summed E-state index contributed by atoms with van der Waals surface area (Å²) < 4.78 is 32.2. The van der Waals surface area contributed by atoms with E-state index in [9.17, 15) is 13.2 Å². The van der Waals surface area contributed by atoms with E-state index >= 15 is 0 Å². The van der Waals surface area contributed by atoms with Crippen molar-refractivity contribution in [2.45, 2.75) is 18.2 Å². The number of carbonyl (C=O) groups is 1. The van der Waals surface area contributed by atoms with Gasteiger partial charge in [0, 0.05) is 20.0 Å². The van der Waals surface area contributed by atoms with Gasteiger partial charge >= 0.3 is 0 Å². The molecule has 0 heterocycles. The van der Waals surface area contributed by atoms with Crippen molar-refractivity contribution in [1.82, 2.24) is 9.62 Å². The van der Waals surface area contributed by atoms with Crippen LogP contribution in [0.5, 0.6) is 5.75 Å². The molecule has 0 aliphatic heterocycles. The molecule has 2 aromatic carbocycles. The van der Waals surface area contributed by atoms with Crippen LogP contribution in [0.3, 0.4) is 0 Å². The molecule has 0 saturated heterocycles. The maximum absolute atomic E-state index is 12.1. The van der Waals surface area contributed by atoms with E-state index in [2.05, 4.69) is 4.72 Å². The number of rotatable bonds is 9. The third-order valence-corrected chi connectivity index (χ3v) is 5.30. The Balaban J connectivity index is 1.71. The van der Waals surface area contributed by atoms with Crippen LogP contribution in [0.2, 0.25) is 0 Å². The minimum atomic E-state index is -3.58. The van der Waals surface area contributed by atoms with Gasteiger partial charge in [-0.05, 0) is 31.2 Å². The summed E-state index contributed by atoms with van der Waals surface area (Å²) in [6, 6.07) is 15.8. The van der Waals surface area contributed by atoms with Gasteiger partial charge in [-0.1, -0.05) is 35.9 Å². The Morgan fingerprint density at radius 1 is 1.08 bits per heavy atom. The third kappa shape index (κ3) is 6.16. The monoisotopic (exact) mass is 376 g/mol. The first-order valence-corrected chi connectivity index (χ1v) is 9.85. The normalized spacial score (nSPS) is 11.2. The second kappa shape index (κ2) is 9.35. The molecule has 0 fully saturated rings. The number of ether oxygens (including phenoxy) is 1. The first-order chi connectivity index (χ1) is 12.4. The number of aryl methyl sites for hydroxylation is 1. The number of sulfonamides is 1. The highest BCUT2D eigenvalue weighted by Gasteiger charge is 2.14. The van der Waals surface area contributed by atoms with Crippen LogP contribution in [0.15, 0.2) is 59.5 Å². The Hall–Kier alpha value is -2.38. The summed E-state index contributed by atoms with van der Waals surface area (Å²) in [5.74, 6) is 0.611. The molecule has 1 N–H and O–H groups in total. The Bertz CT molecular complexity index is 805. The Morgan fingerprint density at radius 2 is 1.73 bits per heavy atom. The zero-order chi connectivity index (χ0) is 19.0. The lowest BCUT2D eigenvalue weighted by atomic mass is 10.2. The summed E-state index contributed by atoms with van der Waals surface area (Å²) in [5.41, 5.74) is 1.16. The number of hydrogen-bond acceptors (Lipinski definition) is 4. The molecular weight excluding hydrogens is 352 g/mol. The van der Waals surface area contributed by atoms with Crippen molar-refractivity contribution in [3.05, 3.63) is 60.2 Å². The van der Waals surface area contributed by atoms with Crippen LogP contribution in [0.4, 0.5) is 0 Å². The third-order valence-electron chi connectivity index (χ3n) is 3.83.